The van der Waals surface area contributed by atoms with E-state index in [9.17, 15) is 9.59 Å². The average Bonchev–Trinajstić information content (AvgIpc) is 2.32. The molecule has 0 aromatic carbocycles. The van der Waals surface area contributed by atoms with E-state index in [1.165, 1.54) is 0 Å². The Morgan fingerprint density at radius 2 is 1.76 bits per heavy atom. The topological polar surface area (TPSA) is 91.5 Å². The summed E-state index contributed by atoms with van der Waals surface area (Å²) in [7, 11) is 1.64. The van der Waals surface area contributed by atoms with Crippen molar-refractivity contribution in [1.29, 1.82) is 0 Å². The first kappa shape index (κ1) is 19.4. The lowest BCUT2D eigenvalue weighted by molar-refractivity contribution is -0.122. The molecule has 0 aliphatic rings. The average molecular weight is 318 g/mol. The Morgan fingerprint density at radius 3 is 2.19 bits per heavy atom. The standard InChI is InChI=1S/C13H26N4O3S/c1-8(2)9(15-12(19)20-13(3,4)5)7-10(18)16-17-11(21)14-6/h8-9H,7H2,1-6H3,(H,15,19)(H,16,18)(H2,14,17,21)/t9-/m0/s1. The molecule has 0 radical (unpaired) electrons. The lowest BCUT2D eigenvalue weighted by Crippen LogP contribution is -2.49. The summed E-state index contributed by atoms with van der Waals surface area (Å²) < 4.78 is 5.19. The van der Waals surface area contributed by atoms with E-state index in [4.69, 9.17) is 17.0 Å². The summed E-state index contributed by atoms with van der Waals surface area (Å²) >= 11 is 4.84. The molecular weight excluding hydrogens is 292 g/mol. The molecule has 0 aromatic heterocycles. The van der Waals surface area contributed by atoms with Crippen LogP contribution in [0.2, 0.25) is 0 Å². The Bertz CT molecular complexity index is 380. The van der Waals surface area contributed by atoms with E-state index in [1.54, 1.807) is 27.8 Å². The predicted octanol–water partition coefficient (Wildman–Crippen LogP) is 1.05. The number of hydrogen-bond acceptors (Lipinski definition) is 4. The minimum atomic E-state index is -0.575. The van der Waals surface area contributed by atoms with Gasteiger partial charge in [0.1, 0.15) is 5.60 Å². The highest BCUT2D eigenvalue weighted by Gasteiger charge is 2.23. The Hall–Kier alpha value is -1.57. The van der Waals surface area contributed by atoms with Gasteiger partial charge in [0.05, 0.1) is 0 Å². The maximum Gasteiger partial charge on any atom is 0.407 e. The number of hydrogen-bond donors (Lipinski definition) is 4. The van der Waals surface area contributed by atoms with Crippen LogP contribution in [0.4, 0.5) is 4.79 Å². The molecule has 122 valence electrons. The van der Waals surface area contributed by atoms with Crippen molar-refractivity contribution in [2.45, 2.75) is 52.7 Å². The van der Waals surface area contributed by atoms with Gasteiger partial charge in [-0.1, -0.05) is 13.8 Å². The van der Waals surface area contributed by atoms with Crippen LogP contribution in [0.25, 0.3) is 0 Å². The van der Waals surface area contributed by atoms with E-state index < -0.39 is 11.7 Å². The fourth-order valence-corrected chi connectivity index (χ4v) is 1.40. The highest BCUT2D eigenvalue weighted by molar-refractivity contribution is 7.80. The van der Waals surface area contributed by atoms with Crippen LogP contribution in [0.3, 0.4) is 0 Å². The quantitative estimate of drug-likeness (QED) is 0.457. The van der Waals surface area contributed by atoms with Crippen molar-refractivity contribution in [3.63, 3.8) is 0 Å². The van der Waals surface area contributed by atoms with E-state index in [0.717, 1.165) is 0 Å². The molecule has 0 bridgehead atoms. The van der Waals surface area contributed by atoms with E-state index in [0.29, 0.717) is 5.11 Å². The highest BCUT2D eigenvalue weighted by atomic mass is 32.1. The number of nitrogens with one attached hydrogen (secondary N) is 4. The van der Waals surface area contributed by atoms with Crippen molar-refractivity contribution in [2.24, 2.45) is 5.92 Å². The summed E-state index contributed by atoms with van der Waals surface area (Å²) in [5.41, 5.74) is 4.43. The molecule has 21 heavy (non-hydrogen) atoms. The van der Waals surface area contributed by atoms with Crippen molar-refractivity contribution >= 4 is 29.3 Å². The van der Waals surface area contributed by atoms with Gasteiger partial charge in [-0.25, -0.2) is 4.79 Å². The maximum absolute atomic E-state index is 11.8. The Kier molecular flexibility index (Phi) is 8.01. The second-order valence-corrected chi connectivity index (χ2v) is 6.36. The lowest BCUT2D eigenvalue weighted by atomic mass is 10.0. The second kappa shape index (κ2) is 8.66. The molecule has 0 aliphatic heterocycles. The van der Waals surface area contributed by atoms with Crippen molar-refractivity contribution in [3.05, 3.63) is 0 Å². The Balaban J connectivity index is 4.40. The fourth-order valence-electron chi connectivity index (χ4n) is 1.35. The van der Waals surface area contributed by atoms with Crippen LogP contribution in [0.5, 0.6) is 0 Å². The van der Waals surface area contributed by atoms with Gasteiger partial charge >= 0.3 is 6.09 Å². The third-order valence-electron chi connectivity index (χ3n) is 2.45. The minimum absolute atomic E-state index is 0.0829. The van der Waals surface area contributed by atoms with Crippen LogP contribution in [-0.2, 0) is 9.53 Å². The maximum atomic E-state index is 11.8. The SMILES string of the molecule is CNC(=S)NNC(=O)C[C@H](NC(=O)OC(C)(C)C)C(C)C. The second-order valence-electron chi connectivity index (χ2n) is 5.95. The van der Waals surface area contributed by atoms with Crippen molar-refractivity contribution in [1.82, 2.24) is 21.5 Å². The van der Waals surface area contributed by atoms with Crippen LogP contribution in [-0.4, -0.2) is 35.8 Å². The zero-order valence-electron chi connectivity index (χ0n) is 13.5. The highest BCUT2D eigenvalue weighted by Crippen LogP contribution is 2.10. The normalized spacial score (nSPS) is 12.3. The van der Waals surface area contributed by atoms with Gasteiger partial charge in [0.15, 0.2) is 5.11 Å². The van der Waals surface area contributed by atoms with Gasteiger partial charge in [-0.2, -0.15) is 0 Å². The lowest BCUT2D eigenvalue weighted by Gasteiger charge is -2.25. The van der Waals surface area contributed by atoms with Crippen LogP contribution in [0, 0.1) is 5.92 Å². The van der Waals surface area contributed by atoms with Crippen LogP contribution >= 0.6 is 12.2 Å². The number of carbonyl (C=O) groups excluding carboxylic acids is 2. The van der Waals surface area contributed by atoms with Gasteiger partial charge in [-0.05, 0) is 38.9 Å². The molecule has 4 N–H and O–H groups in total. The van der Waals surface area contributed by atoms with Crippen LogP contribution in [0.1, 0.15) is 41.0 Å². The van der Waals surface area contributed by atoms with Crippen LogP contribution in [0.15, 0.2) is 0 Å². The largest absolute Gasteiger partial charge is 0.444 e. The minimum Gasteiger partial charge on any atom is -0.444 e. The Labute approximate surface area is 131 Å². The Morgan fingerprint density at radius 1 is 1.19 bits per heavy atom. The van der Waals surface area contributed by atoms with E-state index in [2.05, 4.69) is 21.5 Å². The molecule has 0 aromatic rings. The van der Waals surface area contributed by atoms with E-state index in [-0.39, 0.29) is 24.3 Å². The van der Waals surface area contributed by atoms with Gasteiger partial charge in [0.2, 0.25) is 5.91 Å². The van der Waals surface area contributed by atoms with Crippen molar-refractivity contribution < 1.29 is 14.3 Å². The third kappa shape index (κ3) is 9.89. The molecule has 0 aliphatic carbocycles. The van der Waals surface area contributed by atoms with Gasteiger partial charge in [-0.15, -0.1) is 0 Å². The zero-order valence-corrected chi connectivity index (χ0v) is 14.3. The van der Waals surface area contributed by atoms with E-state index >= 15 is 0 Å². The molecule has 0 saturated carbocycles. The molecular formula is C13H26N4O3S. The first-order valence-electron chi connectivity index (χ1n) is 6.81. The number of ether oxygens (including phenoxy) is 1. The molecule has 0 fully saturated rings. The fraction of sp³-hybridized carbons (Fsp3) is 0.769. The number of alkyl carbamates (subject to hydrolysis) is 1. The van der Waals surface area contributed by atoms with Crippen LogP contribution < -0.4 is 21.5 Å². The summed E-state index contributed by atoms with van der Waals surface area (Å²) in [6, 6.07) is -0.329. The molecule has 0 rings (SSSR count). The smallest absolute Gasteiger partial charge is 0.407 e. The molecule has 0 spiro atoms. The number of amides is 2. The summed E-state index contributed by atoms with van der Waals surface area (Å²) in [5.74, 6) is -0.193. The summed E-state index contributed by atoms with van der Waals surface area (Å²) in [6.07, 6.45) is -0.413. The van der Waals surface area contributed by atoms with Gasteiger partial charge in [0.25, 0.3) is 0 Å². The van der Waals surface area contributed by atoms with Gasteiger partial charge in [0, 0.05) is 19.5 Å². The summed E-state index contributed by atoms with van der Waals surface area (Å²) in [4.78, 5) is 23.5. The molecule has 0 unspecified atom stereocenters. The molecule has 1 atom stereocenters. The number of thiocarbonyl (C=S) groups is 1. The number of carbonyl (C=O) groups is 2. The monoisotopic (exact) mass is 318 g/mol. The zero-order chi connectivity index (χ0) is 16.6. The first-order valence-corrected chi connectivity index (χ1v) is 7.22. The third-order valence-corrected chi connectivity index (χ3v) is 2.76. The first-order chi connectivity index (χ1) is 9.55. The summed E-state index contributed by atoms with van der Waals surface area (Å²) in [6.45, 7) is 9.19. The molecule has 8 heteroatoms. The molecule has 0 heterocycles. The van der Waals surface area contributed by atoms with E-state index in [1.807, 2.05) is 13.8 Å². The molecule has 0 saturated heterocycles. The van der Waals surface area contributed by atoms with Crippen molar-refractivity contribution in [2.75, 3.05) is 7.05 Å². The van der Waals surface area contributed by atoms with Crippen molar-refractivity contribution in [3.8, 4) is 0 Å². The number of hydrazine groups is 1. The predicted molar refractivity (Wildman–Crippen MR) is 85.5 cm³/mol. The summed E-state index contributed by atoms with van der Waals surface area (Å²) in [5, 5.41) is 5.69. The van der Waals surface area contributed by atoms with Gasteiger partial charge in [-0.3, -0.25) is 15.6 Å². The molecule has 2 amide bonds. The van der Waals surface area contributed by atoms with Gasteiger partial charge < -0.3 is 15.4 Å². The molecule has 7 nitrogen and oxygen atoms in total. The number of rotatable bonds is 4.